The first-order valence-corrected chi connectivity index (χ1v) is 4.67. The van der Waals surface area contributed by atoms with Crippen molar-refractivity contribution in [2.45, 2.75) is 13.5 Å². The largest absolute Gasteiger partial charge is 0.325 e. The van der Waals surface area contributed by atoms with Crippen LogP contribution >= 0.6 is 36.2 Å². The monoisotopic (exact) mass is 250 g/mol. The van der Waals surface area contributed by atoms with Gasteiger partial charge in [-0.2, -0.15) is 0 Å². The van der Waals surface area contributed by atoms with E-state index in [-0.39, 0.29) is 24.8 Å². The summed E-state index contributed by atoms with van der Waals surface area (Å²) >= 11 is 1.67. The van der Waals surface area contributed by atoms with E-state index in [9.17, 15) is 0 Å². The van der Waals surface area contributed by atoms with Gasteiger partial charge in [0.2, 0.25) is 0 Å². The molecule has 14 heavy (non-hydrogen) atoms. The molecular formula is C9H12Cl2N2S. The number of halogens is 2. The van der Waals surface area contributed by atoms with E-state index >= 15 is 0 Å². The summed E-state index contributed by atoms with van der Waals surface area (Å²) in [7, 11) is 0. The highest BCUT2D eigenvalue weighted by Crippen LogP contribution is 2.22. The molecule has 2 aromatic rings. The highest BCUT2D eigenvalue weighted by atomic mass is 35.5. The Balaban J connectivity index is 0.000000845. The van der Waals surface area contributed by atoms with E-state index in [4.69, 9.17) is 5.73 Å². The van der Waals surface area contributed by atoms with E-state index < -0.39 is 0 Å². The van der Waals surface area contributed by atoms with Gasteiger partial charge in [-0.15, -0.1) is 36.2 Å². The lowest BCUT2D eigenvalue weighted by Crippen LogP contribution is -1.93. The lowest BCUT2D eigenvalue weighted by Gasteiger charge is -1.88. The molecule has 78 valence electrons. The molecule has 1 aromatic carbocycles. The highest BCUT2D eigenvalue weighted by Gasteiger charge is 2.00. The number of thiazole rings is 1. The second-order valence-corrected chi connectivity index (χ2v) is 3.90. The molecule has 0 unspecified atom stereocenters. The van der Waals surface area contributed by atoms with Gasteiger partial charge in [0, 0.05) is 6.54 Å². The van der Waals surface area contributed by atoms with Crippen molar-refractivity contribution in [3.8, 4) is 0 Å². The van der Waals surface area contributed by atoms with Gasteiger partial charge >= 0.3 is 0 Å². The molecule has 0 aliphatic carbocycles. The molecule has 0 saturated heterocycles. The zero-order valence-corrected chi connectivity index (χ0v) is 10.1. The van der Waals surface area contributed by atoms with Crippen LogP contribution in [-0.2, 0) is 6.54 Å². The molecule has 2 rings (SSSR count). The Morgan fingerprint density at radius 2 is 2.07 bits per heavy atom. The SMILES string of the molecule is Cc1ccc2sc(CN)nc2c1.Cl.Cl. The van der Waals surface area contributed by atoms with Crippen molar-refractivity contribution in [2.75, 3.05) is 0 Å². The summed E-state index contributed by atoms with van der Waals surface area (Å²) in [6.45, 7) is 2.61. The first-order valence-electron chi connectivity index (χ1n) is 3.86. The van der Waals surface area contributed by atoms with Crippen LogP contribution in [0, 0.1) is 6.92 Å². The summed E-state index contributed by atoms with van der Waals surface area (Å²) in [6, 6.07) is 6.29. The van der Waals surface area contributed by atoms with E-state index in [1.54, 1.807) is 11.3 Å². The molecule has 0 aliphatic rings. The Morgan fingerprint density at radius 1 is 1.36 bits per heavy atom. The van der Waals surface area contributed by atoms with Gasteiger partial charge in [-0.3, -0.25) is 0 Å². The fraction of sp³-hybridized carbons (Fsp3) is 0.222. The minimum Gasteiger partial charge on any atom is -0.325 e. The van der Waals surface area contributed by atoms with E-state index in [0.29, 0.717) is 6.54 Å². The fourth-order valence-electron chi connectivity index (χ4n) is 1.17. The Labute approximate surface area is 99.3 Å². The summed E-state index contributed by atoms with van der Waals surface area (Å²) in [4.78, 5) is 4.39. The van der Waals surface area contributed by atoms with Gasteiger partial charge in [-0.25, -0.2) is 4.98 Å². The van der Waals surface area contributed by atoms with E-state index in [1.807, 2.05) is 0 Å². The summed E-state index contributed by atoms with van der Waals surface area (Å²) in [5, 5.41) is 1.01. The molecule has 2 nitrogen and oxygen atoms in total. The van der Waals surface area contributed by atoms with Gasteiger partial charge in [0.05, 0.1) is 10.2 Å². The Bertz CT molecular complexity index is 414. The number of fused-ring (bicyclic) bond motifs is 1. The van der Waals surface area contributed by atoms with Crippen molar-refractivity contribution in [1.29, 1.82) is 0 Å². The van der Waals surface area contributed by atoms with Gasteiger partial charge < -0.3 is 5.73 Å². The smallest absolute Gasteiger partial charge is 0.107 e. The van der Waals surface area contributed by atoms with Crippen LogP contribution in [0.1, 0.15) is 10.6 Å². The molecule has 2 N–H and O–H groups in total. The number of nitrogens with two attached hydrogens (primary N) is 1. The number of aromatic nitrogens is 1. The van der Waals surface area contributed by atoms with Crippen molar-refractivity contribution in [3.63, 3.8) is 0 Å². The number of hydrogen-bond donors (Lipinski definition) is 1. The third kappa shape index (κ3) is 2.58. The molecular weight excluding hydrogens is 239 g/mol. The zero-order valence-electron chi connectivity index (χ0n) is 7.69. The van der Waals surface area contributed by atoms with Crippen LogP contribution < -0.4 is 5.73 Å². The van der Waals surface area contributed by atoms with Crippen molar-refractivity contribution < 1.29 is 0 Å². The van der Waals surface area contributed by atoms with Crippen LogP contribution in [0.25, 0.3) is 10.2 Å². The van der Waals surface area contributed by atoms with Crippen LogP contribution in [-0.4, -0.2) is 4.98 Å². The van der Waals surface area contributed by atoms with Crippen molar-refractivity contribution >= 4 is 46.4 Å². The second kappa shape index (κ2) is 5.51. The molecule has 0 radical (unpaired) electrons. The van der Waals surface area contributed by atoms with Gasteiger partial charge in [-0.05, 0) is 24.6 Å². The van der Waals surface area contributed by atoms with Crippen molar-refractivity contribution in [2.24, 2.45) is 5.73 Å². The van der Waals surface area contributed by atoms with Crippen molar-refractivity contribution in [3.05, 3.63) is 28.8 Å². The first kappa shape index (κ1) is 13.7. The predicted octanol–water partition coefficient (Wildman–Crippen LogP) is 2.91. The normalized spacial score (nSPS) is 9.29. The quantitative estimate of drug-likeness (QED) is 0.846. The first-order chi connectivity index (χ1) is 5.79. The Hall–Kier alpha value is -0.350. The summed E-state index contributed by atoms with van der Waals surface area (Å²) in [6.07, 6.45) is 0. The van der Waals surface area contributed by atoms with Crippen molar-refractivity contribution in [1.82, 2.24) is 4.98 Å². The van der Waals surface area contributed by atoms with Gasteiger partial charge in [0.25, 0.3) is 0 Å². The lowest BCUT2D eigenvalue weighted by molar-refractivity contribution is 1.05. The predicted molar refractivity (Wildman–Crippen MR) is 66.7 cm³/mol. The maximum Gasteiger partial charge on any atom is 0.107 e. The molecule has 0 atom stereocenters. The molecule has 0 spiro atoms. The van der Waals surface area contributed by atoms with E-state index in [0.717, 1.165) is 10.5 Å². The molecule has 0 aliphatic heterocycles. The number of rotatable bonds is 1. The third-order valence-corrected chi connectivity index (χ3v) is 2.82. The van der Waals surface area contributed by atoms with E-state index in [1.165, 1.54) is 10.3 Å². The zero-order chi connectivity index (χ0) is 8.55. The average molecular weight is 251 g/mol. The summed E-state index contributed by atoms with van der Waals surface area (Å²) in [5.74, 6) is 0. The molecule has 1 aromatic heterocycles. The Kier molecular flexibility index (Phi) is 5.37. The van der Waals surface area contributed by atoms with E-state index in [2.05, 4.69) is 30.1 Å². The topological polar surface area (TPSA) is 38.9 Å². The van der Waals surface area contributed by atoms with Crippen LogP contribution in [0.4, 0.5) is 0 Å². The third-order valence-electron chi connectivity index (χ3n) is 1.76. The maximum absolute atomic E-state index is 5.50. The van der Waals surface area contributed by atoms with Crippen LogP contribution in [0.3, 0.4) is 0 Å². The number of nitrogens with zero attached hydrogens (tertiary/aromatic N) is 1. The molecule has 1 heterocycles. The fourth-order valence-corrected chi connectivity index (χ4v) is 2.00. The average Bonchev–Trinajstić information content (AvgIpc) is 2.46. The van der Waals surface area contributed by atoms with Gasteiger partial charge in [0.15, 0.2) is 0 Å². The molecule has 0 amide bonds. The number of aryl methyl sites for hydroxylation is 1. The Morgan fingerprint density at radius 3 is 2.71 bits per heavy atom. The van der Waals surface area contributed by atoms with Crippen LogP contribution in [0.15, 0.2) is 18.2 Å². The molecule has 0 bridgehead atoms. The second-order valence-electron chi connectivity index (χ2n) is 2.78. The van der Waals surface area contributed by atoms with Gasteiger partial charge in [-0.1, -0.05) is 6.07 Å². The standard InChI is InChI=1S/C9H10N2S.2ClH/c1-6-2-3-8-7(4-6)11-9(5-10)12-8;;/h2-4H,5,10H2,1H3;2*1H. The van der Waals surface area contributed by atoms with Gasteiger partial charge in [0.1, 0.15) is 5.01 Å². The minimum absolute atomic E-state index is 0. The maximum atomic E-state index is 5.50. The molecule has 5 heteroatoms. The van der Waals surface area contributed by atoms with Crippen LogP contribution in [0.5, 0.6) is 0 Å². The minimum atomic E-state index is 0. The lowest BCUT2D eigenvalue weighted by atomic mass is 10.2. The number of hydrogen-bond acceptors (Lipinski definition) is 3. The molecule has 0 saturated carbocycles. The summed E-state index contributed by atoms with van der Waals surface area (Å²) < 4.78 is 1.22. The summed E-state index contributed by atoms with van der Waals surface area (Å²) in [5.41, 5.74) is 7.82. The molecule has 0 fully saturated rings. The number of benzene rings is 1. The highest BCUT2D eigenvalue weighted by molar-refractivity contribution is 7.18. The van der Waals surface area contributed by atoms with Crippen LogP contribution in [0.2, 0.25) is 0 Å².